The zero-order valence-corrected chi connectivity index (χ0v) is 17.2. The van der Waals surface area contributed by atoms with E-state index in [9.17, 15) is 0 Å². The van der Waals surface area contributed by atoms with Gasteiger partial charge in [-0.25, -0.2) is 0 Å². The molecule has 2 heteroatoms. The van der Waals surface area contributed by atoms with Crippen LogP contribution in [0, 0.1) is 24.7 Å². The van der Waals surface area contributed by atoms with Crippen LogP contribution in [-0.4, -0.2) is 29.1 Å². The minimum Gasteiger partial charge on any atom is -0.340 e. The third-order valence-electron chi connectivity index (χ3n) is 5.70. The van der Waals surface area contributed by atoms with Crippen LogP contribution in [0.2, 0.25) is 0 Å². The molecule has 0 amide bonds. The van der Waals surface area contributed by atoms with Gasteiger partial charge >= 0.3 is 0 Å². The summed E-state index contributed by atoms with van der Waals surface area (Å²) in [5.41, 5.74) is 4.31. The van der Waals surface area contributed by atoms with Gasteiger partial charge in [0.15, 0.2) is 0 Å². The third-order valence-corrected chi connectivity index (χ3v) is 5.70. The molecule has 0 aliphatic heterocycles. The molecule has 2 aromatic carbocycles. The van der Waals surface area contributed by atoms with E-state index in [0.29, 0.717) is 0 Å². The molecular formula is C26H30N2. The third kappa shape index (κ3) is 4.24. The van der Waals surface area contributed by atoms with E-state index in [4.69, 9.17) is 12.8 Å². The van der Waals surface area contributed by atoms with Crippen molar-refractivity contribution in [3.05, 3.63) is 47.5 Å². The molecule has 0 bridgehead atoms. The summed E-state index contributed by atoms with van der Waals surface area (Å²) >= 11 is 0. The largest absolute Gasteiger partial charge is 0.340 e. The second-order valence-corrected chi connectivity index (χ2v) is 7.35. The summed E-state index contributed by atoms with van der Waals surface area (Å²) in [5.74, 6) is 5.51. The molecule has 0 aliphatic carbocycles. The highest BCUT2D eigenvalue weighted by molar-refractivity contribution is 6.08. The first-order valence-corrected chi connectivity index (χ1v) is 10.4. The lowest BCUT2D eigenvalue weighted by atomic mass is 10.1. The molecule has 0 spiro atoms. The van der Waals surface area contributed by atoms with E-state index in [0.717, 1.165) is 30.8 Å². The number of unbranched alkanes of at least 4 members (excludes halogenated alkanes) is 3. The number of benzene rings is 2. The van der Waals surface area contributed by atoms with Crippen LogP contribution in [0.5, 0.6) is 0 Å². The highest BCUT2D eigenvalue weighted by Gasteiger charge is 2.11. The lowest BCUT2D eigenvalue weighted by molar-refractivity contribution is 0.295. The molecule has 1 aromatic heterocycles. The van der Waals surface area contributed by atoms with Crippen molar-refractivity contribution in [2.45, 2.75) is 46.1 Å². The number of hydrogen-bond acceptors (Lipinski definition) is 1. The fourth-order valence-electron chi connectivity index (χ4n) is 4.02. The van der Waals surface area contributed by atoms with Crippen molar-refractivity contribution >= 4 is 21.8 Å². The van der Waals surface area contributed by atoms with Crippen molar-refractivity contribution in [2.24, 2.45) is 0 Å². The van der Waals surface area contributed by atoms with Crippen molar-refractivity contribution in [3.63, 3.8) is 0 Å². The van der Waals surface area contributed by atoms with E-state index in [1.54, 1.807) is 0 Å². The Morgan fingerprint density at radius 3 is 1.82 bits per heavy atom. The second-order valence-electron chi connectivity index (χ2n) is 7.35. The van der Waals surface area contributed by atoms with Gasteiger partial charge in [0, 0.05) is 39.5 Å². The molecule has 0 unspecified atom stereocenters. The van der Waals surface area contributed by atoms with Crippen LogP contribution in [0.25, 0.3) is 21.8 Å². The van der Waals surface area contributed by atoms with E-state index < -0.39 is 0 Å². The Hall–Kier alpha value is -2.68. The van der Waals surface area contributed by atoms with Crippen LogP contribution in [0.4, 0.5) is 0 Å². The fourth-order valence-corrected chi connectivity index (χ4v) is 4.02. The SMILES string of the molecule is C#Cc1ccc2c(c1)c1cc(C#C)ccc1n2CCCCCCN(CC)CC. The van der Waals surface area contributed by atoms with Crippen LogP contribution >= 0.6 is 0 Å². The van der Waals surface area contributed by atoms with Gasteiger partial charge in [-0.05, 0) is 68.9 Å². The van der Waals surface area contributed by atoms with Gasteiger partial charge in [-0.15, -0.1) is 12.8 Å². The number of aromatic nitrogens is 1. The first kappa shape index (κ1) is 20.1. The quantitative estimate of drug-likeness (QED) is 0.348. The van der Waals surface area contributed by atoms with E-state index in [2.05, 4.69) is 59.4 Å². The molecule has 0 radical (unpaired) electrons. The van der Waals surface area contributed by atoms with Crippen molar-refractivity contribution in [3.8, 4) is 24.7 Å². The zero-order valence-electron chi connectivity index (χ0n) is 17.2. The minimum atomic E-state index is 0.911. The normalized spacial score (nSPS) is 11.2. The molecule has 3 aromatic rings. The molecule has 28 heavy (non-hydrogen) atoms. The Balaban J connectivity index is 1.77. The van der Waals surface area contributed by atoms with E-state index >= 15 is 0 Å². The summed E-state index contributed by atoms with van der Waals surface area (Å²) in [6.07, 6.45) is 16.3. The Morgan fingerprint density at radius 1 is 0.786 bits per heavy atom. The summed E-state index contributed by atoms with van der Waals surface area (Å²) in [5, 5.41) is 2.40. The summed E-state index contributed by atoms with van der Waals surface area (Å²) < 4.78 is 2.43. The van der Waals surface area contributed by atoms with Gasteiger partial charge in [0.25, 0.3) is 0 Å². The lowest BCUT2D eigenvalue weighted by Gasteiger charge is -2.17. The number of fused-ring (bicyclic) bond motifs is 3. The maximum absolute atomic E-state index is 5.62. The standard InChI is InChI=1S/C26H30N2/c1-5-21-13-15-25-23(19-21)24-20-22(6-2)14-16-26(24)28(25)18-12-10-9-11-17-27(7-3)8-4/h1-2,13-16,19-20H,7-12,17-18H2,3-4H3. The maximum atomic E-state index is 5.62. The predicted octanol–water partition coefficient (Wildman–Crippen LogP) is 5.66. The number of nitrogens with zero attached hydrogens (tertiary/aromatic N) is 2. The molecular weight excluding hydrogens is 340 g/mol. The topological polar surface area (TPSA) is 8.17 Å². The minimum absolute atomic E-state index is 0.911. The van der Waals surface area contributed by atoms with Gasteiger partial charge in [-0.1, -0.05) is 38.5 Å². The summed E-state index contributed by atoms with van der Waals surface area (Å²) in [7, 11) is 0. The highest BCUT2D eigenvalue weighted by Crippen LogP contribution is 2.31. The Labute approximate surface area is 169 Å². The first-order valence-electron chi connectivity index (χ1n) is 10.4. The molecule has 2 nitrogen and oxygen atoms in total. The molecule has 144 valence electrons. The van der Waals surface area contributed by atoms with Gasteiger partial charge in [-0.2, -0.15) is 0 Å². The highest BCUT2D eigenvalue weighted by atomic mass is 15.1. The molecule has 3 rings (SSSR count). The smallest absolute Gasteiger partial charge is 0.0492 e. The number of hydrogen-bond donors (Lipinski definition) is 0. The second kappa shape index (κ2) is 9.50. The van der Waals surface area contributed by atoms with E-state index in [-0.39, 0.29) is 0 Å². The van der Waals surface area contributed by atoms with E-state index in [1.165, 1.54) is 54.0 Å². The molecule has 0 saturated heterocycles. The van der Waals surface area contributed by atoms with Gasteiger partial charge < -0.3 is 9.47 Å². The summed E-state index contributed by atoms with van der Waals surface area (Å²) in [4.78, 5) is 2.50. The van der Waals surface area contributed by atoms with Crippen LogP contribution in [0.1, 0.15) is 50.7 Å². The van der Waals surface area contributed by atoms with Crippen molar-refractivity contribution in [1.82, 2.24) is 9.47 Å². The molecule has 1 heterocycles. The predicted molar refractivity (Wildman–Crippen MR) is 122 cm³/mol. The number of terminal acetylenes is 2. The van der Waals surface area contributed by atoms with Gasteiger partial charge in [0.2, 0.25) is 0 Å². The van der Waals surface area contributed by atoms with Crippen LogP contribution in [-0.2, 0) is 6.54 Å². The summed E-state index contributed by atoms with van der Waals surface area (Å²) in [6.45, 7) is 9.02. The van der Waals surface area contributed by atoms with Crippen LogP contribution < -0.4 is 0 Å². The fraction of sp³-hybridized carbons (Fsp3) is 0.385. The molecule has 0 N–H and O–H groups in total. The van der Waals surface area contributed by atoms with Crippen molar-refractivity contribution in [2.75, 3.05) is 19.6 Å². The zero-order chi connectivity index (χ0) is 19.9. The van der Waals surface area contributed by atoms with Crippen LogP contribution in [0.3, 0.4) is 0 Å². The number of aryl methyl sites for hydroxylation is 1. The maximum Gasteiger partial charge on any atom is 0.0492 e. The lowest BCUT2D eigenvalue weighted by Crippen LogP contribution is -2.23. The average molecular weight is 371 g/mol. The van der Waals surface area contributed by atoms with Gasteiger partial charge in [-0.3, -0.25) is 0 Å². The van der Waals surface area contributed by atoms with E-state index in [1.807, 2.05) is 12.1 Å². The Bertz CT molecular complexity index is 951. The summed E-state index contributed by atoms with van der Waals surface area (Å²) in [6, 6.07) is 12.6. The first-order chi connectivity index (χ1) is 13.7. The number of rotatable bonds is 9. The van der Waals surface area contributed by atoms with Crippen LogP contribution in [0.15, 0.2) is 36.4 Å². The van der Waals surface area contributed by atoms with Crippen molar-refractivity contribution in [1.29, 1.82) is 0 Å². The van der Waals surface area contributed by atoms with Gasteiger partial charge in [0.05, 0.1) is 0 Å². The molecule has 0 aliphatic rings. The average Bonchev–Trinajstić information content (AvgIpc) is 3.05. The monoisotopic (exact) mass is 370 g/mol. The molecule has 0 fully saturated rings. The Kier molecular flexibility index (Phi) is 6.80. The Morgan fingerprint density at radius 2 is 1.32 bits per heavy atom. The van der Waals surface area contributed by atoms with Gasteiger partial charge in [0.1, 0.15) is 0 Å². The molecule has 0 saturated carbocycles. The molecule has 0 atom stereocenters. The van der Waals surface area contributed by atoms with Crippen molar-refractivity contribution < 1.29 is 0 Å².